The zero-order valence-corrected chi connectivity index (χ0v) is 11.8. The molecule has 0 fully saturated rings. The number of pyridine rings is 1. The van der Waals surface area contributed by atoms with Crippen LogP contribution >= 0.6 is 15.9 Å². The van der Waals surface area contributed by atoms with Crippen LogP contribution in [0.3, 0.4) is 0 Å². The van der Waals surface area contributed by atoms with Gasteiger partial charge >= 0.3 is 6.18 Å². The Hall–Kier alpha value is -1.76. The number of methoxy groups -OCH3 is 1. The van der Waals surface area contributed by atoms with Gasteiger partial charge in [-0.25, -0.2) is 4.98 Å². The second kappa shape index (κ2) is 5.70. The molecule has 0 saturated carbocycles. The predicted octanol–water partition coefficient (Wildman–Crippen LogP) is 4.66. The third kappa shape index (κ3) is 3.41. The average molecular weight is 348 g/mol. The van der Waals surface area contributed by atoms with Crippen LogP contribution in [-0.4, -0.2) is 12.1 Å². The summed E-state index contributed by atoms with van der Waals surface area (Å²) in [6.07, 6.45) is -3.38. The number of benzene rings is 1. The van der Waals surface area contributed by atoms with Crippen molar-refractivity contribution in [1.29, 1.82) is 0 Å². The maximum absolute atomic E-state index is 12.6. The van der Waals surface area contributed by atoms with Gasteiger partial charge in [-0.05, 0) is 40.2 Å². The maximum Gasteiger partial charge on any atom is 0.416 e. The summed E-state index contributed by atoms with van der Waals surface area (Å²) in [5, 5.41) is 0. The molecule has 20 heavy (non-hydrogen) atoms. The standard InChI is InChI=1S/C13H9BrF3NO2/c1-19-9-2-3-11(10(14)7-9)20-12-6-8(4-5-18-12)13(15,16)17/h2-7H,1H3. The smallest absolute Gasteiger partial charge is 0.416 e. The fourth-order valence-corrected chi connectivity index (χ4v) is 1.88. The molecule has 0 aliphatic rings. The van der Waals surface area contributed by atoms with E-state index >= 15 is 0 Å². The minimum Gasteiger partial charge on any atom is -0.497 e. The van der Waals surface area contributed by atoms with E-state index in [0.717, 1.165) is 18.3 Å². The van der Waals surface area contributed by atoms with Gasteiger partial charge in [0.2, 0.25) is 5.88 Å². The highest BCUT2D eigenvalue weighted by Gasteiger charge is 2.31. The Bertz CT molecular complexity index is 617. The molecule has 0 atom stereocenters. The highest BCUT2D eigenvalue weighted by atomic mass is 79.9. The number of halogens is 4. The number of hydrogen-bond acceptors (Lipinski definition) is 3. The molecular weight excluding hydrogens is 339 g/mol. The third-order valence-corrected chi connectivity index (χ3v) is 3.04. The van der Waals surface area contributed by atoms with Crippen LogP contribution in [0.1, 0.15) is 5.56 Å². The maximum atomic E-state index is 12.6. The van der Waals surface area contributed by atoms with Gasteiger partial charge in [0.15, 0.2) is 0 Å². The van der Waals surface area contributed by atoms with Crippen LogP contribution in [0, 0.1) is 0 Å². The molecule has 0 bridgehead atoms. The molecule has 0 aliphatic carbocycles. The van der Waals surface area contributed by atoms with Gasteiger partial charge in [-0.3, -0.25) is 0 Å². The first-order chi connectivity index (χ1) is 9.40. The summed E-state index contributed by atoms with van der Waals surface area (Å²) in [6.45, 7) is 0. The van der Waals surface area contributed by atoms with Gasteiger partial charge in [0, 0.05) is 12.3 Å². The summed E-state index contributed by atoms with van der Waals surface area (Å²) in [5.41, 5.74) is -0.813. The van der Waals surface area contributed by atoms with Gasteiger partial charge in [-0.1, -0.05) is 0 Å². The minimum absolute atomic E-state index is 0.134. The fourth-order valence-electron chi connectivity index (χ4n) is 1.45. The van der Waals surface area contributed by atoms with E-state index in [2.05, 4.69) is 20.9 Å². The lowest BCUT2D eigenvalue weighted by atomic mass is 10.2. The molecule has 0 amide bonds. The molecule has 1 aromatic carbocycles. The van der Waals surface area contributed by atoms with E-state index in [-0.39, 0.29) is 5.88 Å². The lowest BCUT2D eigenvalue weighted by Crippen LogP contribution is -2.05. The second-order valence-corrected chi connectivity index (χ2v) is 4.63. The van der Waals surface area contributed by atoms with Gasteiger partial charge in [0.1, 0.15) is 11.5 Å². The summed E-state index contributed by atoms with van der Waals surface area (Å²) in [5.74, 6) is 0.810. The van der Waals surface area contributed by atoms with E-state index in [4.69, 9.17) is 9.47 Å². The highest BCUT2D eigenvalue weighted by molar-refractivity contribution is 9.10. The summed E-state index contributed by atoms with van der Waals surface area (Å²) < 4.78 is 48.6. The molecule has 2 aromatic rings. The number of aromatic nitrogens is 1. The normalized spacial score (nSPS) is 11.2. The number of ether oxygens (including phenoxy) is 2. The van der Waals surface area contributed by atoms with Crippen molar-refractivity contribution in [3.05, 3.63) is 46.6 Å². The van der Waals surface area contributed by atoms with E-state index in [9.17, 15) is 13.2 Å². The van der Waals surface area contributed by atoms with Crippen molar-refractivity contribution in [2.45, 2.75) is 6.18 Å². The van der Waals surface area contributed by atoms with Crippen molar-refractivity contribution < 1.29 is 22.6 Å². The summed E-state index contributed by atoms with van der Waals surface area (Å²) in [7, 11) is 1.51. The predicted molar refractivity (Wildman–Crippen MR) is 70.0 cm³/mol. The van der Waals surface area contributed by atoms with Crippen molar-refractivity contribution in [2.75, 3.05) is 7.11 Å². The van der Waals surface area contributed by atoms with E-state index in [1.54, 1.807) is 18.2 Å². The molecule has 0 aliphatic heterocycles. The van der Waals surface area contributed by atoms with Gasteiger partial charge in [-0.2, -0.15) is 13.2 Å². The molecule has 0 N–H and O–H groups in total. The lowest BCUT2D eigenvalue weighted by molar-refractivity contribution is -0.137. The van der Waals surface area contributed by atoms with E-state index < -0.39 is 11.7 Å². The van der Waals surface area contributed by atoms with Crippen molar-refractivity contribution in [3.8, 4) is 17.4 Å². The van der Waals surface area contributed by atoms with Gasteiger partial charge in [0.25, 0.3) is 0 Å². The zero-order valence-electron chi connectivity index (χ0n) is 10.2. The molecule has 0 saturated heterocycles. The van der Waals surface area contributed by atoms with Crippen LogP contribution < -0.4 is 9.47 Å². The Kier molecular flexibility index (Phi) is 4.17. The lowest BCUT2D eigenvalue weighted by Gasteiger charge is -2.10. The Morgan fingerprint density at radius 2 is 1.90 bits per heavy atom. The highest BCUT2D eigenvalue weighted by Crippen LogP contribution is 2.34. The molecule has 7 heteroatoms. The van der Waals surface area contributed by atoms with Crippen LogP contribution in [0.25, 0.3) is 0 Å². The summed E-state index contributed by atoms with van der Waals surface area (Å²) >= 11 is 3.25. The third-order valence-electron chi connectivity index (χ3n) is 2.42. The molecule has 1 aromatic heterocycles. The van der Waals surface area contributed by atoms with Crippen LogP contribution in [0.15, 0.2) is 41.0 Å². The number of hydrogen-bond donors (Lipinski definition) is 0. The molecule has 3 nitrogen and oxygen atoms in total. The van der Waals surface area contributed by atoms with Crippen molar-refractivity contribution >= 4 is 15.9 Å². The van der Waals surface area contributed by atoms with E-state index in [0.29, 0.717) is 16.0 Å². The zero-order chi connectivity index (χ0) is 14.8. The van der Waals surface area contributed by atoms with Crippen LogP contribution in [0.2, 0.25) is 0 Å². The van der Waals surface area contributed by atoms with Crippen LogP contribution in [0.5, 0.6) is 17.4 Å². The van der Waals surface area contributed by atoms with E-state index in [1.807, 2.05) is 0 Å². The fraction of sp³-hybridized carbons (Fsp3) is 0.154. The van der Waals surface area contributed by atoms with Gasteiger partial charge < -0.3 is 9.47 Å². The van der Waals surface area contributed by atoms with Crippen molar-refractivity contribution in [3.63, 3.8) is 0 Å². The van der Waals surface area contributed by atoms with E-state index in [1.165, 1.54) is 7.11 Å². The largest absolute Gasteiger partial charge is 0.497 e. The monoisotopic (exact) mass is 347 g/mol. The number of alkyl halides is 3. The first-order valence-corrected chi connectivity index (χ1v) is 6.24. The molecule has 0 unspecified atom stereocenters. The summed E-state index contributed by atoms with van der Waals surface area (Å²) in [4.78, 5) is 3.76. The van der Waals surface area contributed by atoms with Gasteiger partial charge in [-0.15, -0.1) is 0 Å². The van der Waals surface area contributed by atoms with Crippen LogP contribution in [-0.2, 0) is 6.18 Å². The Morgan fingerprint density at radius 3 is 2.50 bits per heavy atom. The molecule has 2 rings (SSSR count). The Balaban J connectivity index is 2.26. The summed E-state index contributed by atoms with van der Waals surface area (Å²) in [6, 6.07) is 6.58. The topological polar surface area (TPSA) is 31.4 Å². The van der Waals surface area contributed by atoms with Crippen molar-refractivity contribution in [1.82, 2.24) is 4.98 Å². The molecule has 0 spiro atoms. The van der Waals surface area contributed by atoms with Crippen LogP contribution in [0.4, 0.5) is 13.2 Å². The SMILES string of the molecule is COc1ccc(Oc2cc(C(F)(F)F)ccn2)c(Br)c1. The molecule has 1 heterocycles. The minimum atomic E-state index is -4.43. The Labute approximate surface area is 121 Å². The van der Waals surface area contributed by atoms with Gasteiger partial charge in [0.05, 0.1) is 17.1 Å². The number of nitrogens with zero attached hydrogens (tertiary/aromatic N) is 1. The quantitative estimate of drug-likeness (QED) is 0.808. The van der Waals surface area contributed by atoms with Crippen molar-refractivity contribution in [2.24, 2.45) is 0 Å². The first-order valence-electron chi connectivity index (χ1n) is 5.45. The molecule has 0 radical (unpaired) electrons. The second-order valence-electron chi connectivity index (χ2n) is 3.78. The average Bonchev–Trinajstić information content (AvgIpc) is 2.40. The molecular formula is C13H9BrF3NO2. The molecule has 106 valence electrons. The number of rotatable bonds is 3. The first kappa shape index (κ1) is 14.6. The Morgan fingerprint density at radius 1 is 1.15 bits per heavy atom.